The van der Waals surface area contributed by atoms with Crippen LogP contribution in [0.1, 0.15) is 277 Å². The van der Waals surface area contributed by atoms with Gasteiger partial charge in [-0.05, 0) is 77.0 Å². The molecule has 0 saturated carbocycles. The number of rotatable bonds is 49. The van der Waals surface area contributed by atoms with Gasteiger partial charge < -0.3 is 20.3 Å². The van der Waals surface area contributed by atoms with Gasteiger partial charge in [-0.25, -0.2) is 0 Å². The van der Waals surface area contributed by atoms with E-state index in [9.17, 15) is 19.8 Å². The molecule has 3 N–H and O–H groups in total. The highest BCUT2D eigenvalue weighted by molar-refractivity contribution is 5.76. The Hall–Kier alpha value is -1.92. The number of allylic oxidation sites excluding steroid dienone is 5. The number of nitrogens with one attached hydrogen (secondary N) is 1. The predicted molar refractivity (Wildman–Crippen MR) is 264 cm³/mol. The van der Waals surface area contributed by atoms with E-state index < -0.39 is 12.1 Å². The summed E-state index contributed by atoms with van der Waals surface area (Å²) in [6, 6.07) is -0.632. The molecule has 0 aliphatic rings. The van der Waals surface area contributed by atoms with Gasteiger partial charge in [0.2, 0.25) is 5.91 Å². The third-order valence-corrected chi connectivity index (χ3v) is 12.1. The summed E-state index contributed by atoms with van der Waals surface area (Å²) in [5.74, 6) is -0.0814. The van der Waals surface area contributed by atoms with Crippen molar-refractivity contribution in [2.45, 2.75) is 289 Å². The minimum Gasteiger partial charge on any atom is -0.466 e. The Morgan fingerprint density at radius 2 is 0.787 bits per heavy atom. The largest absolute Gasteiger partial charge is 0.466 e. The molecule has 0 fully saturated rings. The van der Waals surface area contributed by atoms with Crippen molar-refractivity contribution in [3.8, 4) is 0 Å². The van der Waals surface area contributed by atoms with E-state index in [1.807, 2.05) is 6.08 Å². The molecule has 6 heteroatoms. The molecule has 0 aromatic heterocycles. The van der Waals surface area contributed by atoms with Crippen LogP contribution in [0.2, 0.25) is 0 Å². The van der Waals surface area contributed by atoms with E-state index in [0.29, 0.717) is 19.4 Å². The quantitative estimate of drug-likeness (QED) is 0.0322. The van der Waals surface area contributed by atoms with E-state index in [1.54, 1.807) is 6.08 Å². The highest BCUT2D eigenvalue weighted by Gasteiger charge is 2.18. The van der Waals surface area contributed by atoms with Gasteiger partial charge >= 0.3 is 5.97 Å². The van der Waals surface area contributed by atoms with Gasteiger partial charge in [0.1, 0.15) is 0 Å². The fraction of sp³-hybridized carbons (Fsp3) is 0.855. The number of aliphatic hydroxyl groups excluding tert-OH is 2. The van der Waals surface area contributed by atoms with Crippen LogP contribution < -0.4 is 5.32 Å². The molecular formula is C55H103NO5. The Labute approximate surface area is 379 Å². The summed E-state index contributed by atoms with van der Waals surface area (Å²) in [4.78, 5) is 24.4. The van der Waals surface area contributed by atoms with Crippen LogP contribution >= 0.6 is 0 Å². The van der Waals surface area contributed by atoms with Gasteiger partial charge in [0.15, 0.2) is 0 Å². The SMILES string of the molecule is CCCC/C=C\CCCCCCCC(=O)OCCCCCCCCCCCC/C=C\CCCCCCCCCC(=O)NC(CO)C(O)/C=C/CCCCCCCCCCCC. The molecule has 0 aliphatic carbocycles. The standard InChI is InChI=1S/C55H103NO5/c1-3-5-7-9-11-13-15-28-31-35-39-43-47-53(58)52(51-57)56-54(59)48-44-40-36-32-29-25-23-21-19-17-16-18-20-22-24-26-30-34-38-42-46-50-61-55(60)49-45-41-37-33-27-14-12-10-8-6-4-2/h10,12,17,19,43,47,52-53,57-58H,3-9,11,13-16,18,20-42,44-46,48-51H2,1-2H3,(H,56,59)/b12-10-,19-17-,47-43+. The molecule has 0 aliphatic heterocycles. The first-order valence-electron chi connectivity index (χ1n) is 26.8. The lowest BCUT2D eigenvalue weighted by Gasteiger charge is -2.20. The first kappa shape index (κ1) is 59.1. The molecule has 6 nitrogen and oxygen atoms in total. The van der Waals surface area contributed by atoms with E-state index >= 15 is 0 Å². The maximum atomic E-state index is 12.4. The molecule has 0 aromatic carbocycles. The van der Waals surface area contributed by atoms with Crippen LogP contribution in [-0.4, -0.2) is 47.4 Å². The number of carbonyl (C=O) groups is 2. The van der Waals surface area contributed by atoms with E-state index in [0.717, 1.165) is 51.4 Å². The second kappa shape index (κ2) is 50.7. The van der Waals surface area contributed by atoms with Crippen molar-refractivity contribution in [2.75, 3.05) is 13.2 Å². The molecule has 61 heavy (non-hydrogen) atoms. The topological polar surface area (TPSA) is 95.9 Å². The number of hydrogen-bond donors (Lipinski definition) is 3. The first-order chi connectivity index (χ1) is 30.0. The second-order valence-electron chi connectivity index (χ2n) is 18.2. The minimum absolute atomic E-state index is 0.00421. The van der Waals surface area contributed by atoms with Gasteiger partial charge in [-0.3, -0.25) is 9.59 Å². The molecule has 0 aromatic rings. The fourth-order valence-electron chi connectivity index (χ4n) is 7.96. The van der Waals surface area contributed by atoms with E-state index in [4.69, 9.17) is 4.74 Å². The Morgan fingerprint density at radius 3 is 1.21 bits per heavy atom. The van der Waals surface area contributed by atoms with Gasteiger partial charge in [-0.15, -0.1) is 0 Å². The lowest BCUT2D eigenvalue weighted by Crippen LogP contribution is -2.45. The predicted octanol–water partition coefficient (Wildman–Crippen LogP) is 16.1. The number of unbranched alkanes of at least 4 members (excludes halogenated alkanes) is 34. The van der Waals surface area contributed by atoms with Crippen molar-refractivity contribution in [1.29, 1.82) is 0 Å². The van der Waals surface area contributed by atoms with E-state index in [1.165, 1.54) is 199 Å². The molecule has 0 radical (unpaired) electrons. The zero-order chi connectivity index (χ0) is 44.4. The Balaban J connectivity index is 3.45. The van der Waals surface area contributed by atoms with Gasteiger partial charge in [0, 0.05) is 12.8 Å². The summed E-state index contributed by atoms with van der Waals surface area (Å²) in [6.07, 6.45) is 61.6. The molecule has 0 spiro atoms. The summed E-state index contributed by atoms with van der Waals surface area (Å²) >= 11 is 0. The molecular weight excluding hydrogens is 755 g/mol. The van der Waals surface area contributed by atoms with Crippen LogP contribution in [0.5, 0.6) is 0 Å². The molecule has 0 heterocycles. The van der Waals surface area contributed by atoms with Crippen molar-refractivity contribution >= 4 is 11.9 Å². The zero-order valence-corrected chi connectivity index (χ0v) is 40.6. The maximum Gasteiger partial charge on any atom is 0.305 e. The molecule has 2 atom stereocenters. The third kappa shape index (κ3) is 47.4. The van der Waals surface area contributed by atoms with E-state index in [2.05, 4.69) is 43.5 Å². The van der Waals surface area contributed by atoms with Crippen molar-refractivity contribution in [3.05, 3.63) is 36.5 Å². The summed E-state index contributed by atoms with van der Waals surface area (Å²) < 4.78 is 5.45. The Morgan fingerprint density at radius 1 is 0.443 bits per heavy atom. The van der Waals surface area contributed by atoms with Crippen LogP contribution in [0, 0.1) is 0 Å². The fourth-order valence-corrected chi connectivity index (χ4v) is 7.96. The lowest BCUT2D eigenvalue weighted by molar-refractivity contribution is -0.143. The average molecular weight is 858 g/mol. The third-order valence-electron chi connectivity index (χ3n) is 12.1. The number of amides is 1. The van der Waals surface area contributed by atoms with Gasteiger partial charge in [-0.1, -0.05) is 224 Å². The molecule has 358 valence electrons. The molecule has 0 bridgehead atoms. The molecule has 1 amide bonds. The van der Waals surface area contributed by atoms with Gasteiger partial charge in [0.25, 0.3) is 0 Å². The number of carbonyl (C=O) groups excluding carboxylic acids is 2. The number of hydrogen-bond acceptors (Lipinski definition) is 5. The second-order valence-corrected chi connectivity index (χ2v) is 18.2. The lowest BCUT2D eigenvalue weighted by atomic mass is 10.0. The van der Waals surface area contributed by atoms with Crippen molar-refractivity contribution < 1.29 is 24.5 Å². The zero-order valence-electron chi connectivity index (χ0n) is 40.6. The summed E-state index contributed by atoms with van der Waals surface area (Å²) in [7, 11) is 0. The molecule has 0 rings (SSSR count). The summed E-state index contributed by atoms with van der Waals surface area (Å²) in [6.45, 7) is 4.84. The van der Waals surface area contributed by atoms with Gasteiger partial charge in [-0.2, -0.15) is 0 Å². The van der Waals surface area contributed by atoms with E-state index in [-0.39, 0.29) is 18.5 Å². The molecule has 0 saturated heterocycles. The minimum atomic E-state index is -0.848. The average Bonchev–Trinajstić information content (AvgIpc) is 3.26. The monoisotopic (exact) mass is 858 g/mol. The van der Waals surface area contributed by atoms with Crippen molar-refractivity contribution in [2.24, 2.45) is 0 Å². The summed E-state index contributed by atoms with van der Waals surface area (Å²) in [5.41, 5.74) is 0. The normalized spacial score (nSPS) is 12.9. The number of esters is 1. The smallest absolute Gasteiger partial charge is 0.305 e. The van der Waals surface area contributed by atoms with Crippen molar-refractivity contribution in [3.63, 3.8) is 0 Å². The first-order valence-corrected chi connectivity index (χ1v) is 26.8. The molecule has 2 unspecified atom stereocenters. The van der Waals surface area contributed by atoms with Crippen LogP contribution in [0.25, 0.3) is 0 Å². The Bertz CT molecular complexity index is 993. The number of aliphatic hydroxyl groups is 2. The van der Waals surface area contributed by atoms with Crippen LogP contribution in [0.3, 0.4) is 0 Å². The van der Waals surface area contributed by atoms with Crippen LogP contribution in [-0.2, 0) is 14.3 Å². The highest BCUT2D eigenvalue weighted by Crippen LogP contribution is 2.15. The Kier molecular flexibility index (Phi) is 49.1. The van der Waals surface area contributed by atoms with Gasteiger partial charge in [0.05, 0.1) is 25.4 Å². The summed E-state index contributed by atoms with van der Waals surface area (Å²) in [5, 5.41) is 23.0. The number of ether oxygens (including phenoxy) is 1. The van der Waals surface area contributed by atoms with Crippen LogP contribution in [0.15, 0.2) is 36.5 Å². The van der Waals surface area contributed by atoms with Crippen molar-refractivity contribution in [1.82, 2.24) is 5.32 Å². The highest BCUT2D eigenvalue weighted by atomic mass is 16.5. The van der Waals surface area contributed by atoms with Crippen LogP contribution in [0.4, 0.5) is 0 Å². The maximum absolute atomic E-state index is 12.4.